The third-order valence-corrected chi connectivity index (χ3v) is 16.5. The third kappa shape index (κ3) is 6.88. The molecule has 0 N–H and O–H groups in total. The van der Waals surface area contributed by atoms with Gasteiger partial charge in [-0.3, -0.25) is 0 Å². The number of hydrogen-bond donors (Lipinski definition) is 0. The van der Waals surface area contributed by atoms with E-state index in [4.69, 9.17) is 14.7 Å². The molecule has 1 aliphatic carbocycles. The van der Waals surface area contributed by atoms with E-state index in [0.717, 1.165) is 101 Å². The fraction of sp³-hybridized carbons (Fsp3) is 0.0133. The topological polar surface area (TPSA) is 39.9 Å². The molecule has 0 unspecified atom stereocenters. The average molecular weight is 1010 g/mol. The molecule has 0 amide bonds. The molecule has 79 heavy (non-hydrogen) atoms. The molecule has 0 radical (unpaired) electrons. The Labute approximate surface area is 457 Å². The molecule has 1 spiro atoms. The lowest BCUT2D eigenvalue weighted by Gasteiger charge is -2.41. The van der Waals surface area contributed by atoms with Gasteiger partial charge in [0.05, 0.1) is 33.3 Å². The molecule has 0 atom stereocenters. The van der Waals surface area contributed by atoms with Crippen molar-refractivity contribution in [1.29, 1.82) is 0 Å². The van der Waals surface area contributed by atoms with E-state index >= 15 is 0 Å². The van der Waals surface area contributed by atoms with E-state index in [0.29, 0.717) is 5.82 Å². The Bertz CT molecular complexity index is 4590. The van der Waals surface area contributed by atoms with Gasteiger partial charge in [0, 0.05) is 55.1 Å². The smallest absolute Gasteiger partial charge is 0.160 e. The summed E-state index contributed by atoms with van der Waals surface area (Å²) in [5.41, 5.74) is 22.8. The standard InChI is InChI=1S/C75H47N3O/c1-3-19-49(20-4-1)56-28-17-31-64-72(56)79-73-57(50-21-5-2-6-22-50)29-18-32-65(73)75(64)63-30-12-7-24-58(63)59-46-45-54(47-66(59)75)48-37-41-52(42-38-48)71-62-27-8-13-33-67(62)76-74(77-71)53-43-39-51(40-44-53)55-23-9-14-34-68(55)78-69-35-15-10-25-60(69)61-26-11-16-36-70(61)78/h1-47H. The molecule has 14 aromatic rings. The van der Waals surface area contributed by atoms with Crippen LogP contribution in [0.2, 0.25) is 0 Å². The first-order chi connectivity index (χ1) is 39.2. The summed E-state index contributed by atoms with van der Waals surface area (Å²) >= 11 is 0. The molecule has 0 saturated carbocycles. The van der Waals surface area contributed by atoms with Gasteiger partial charge in [-0.05, 0) is 80.4 Å². The maximum Gasteiger partial charge on any atom is 0.160 e. The van der Waals surface area contributed by atoms with Crippen LogP contribution in [-0.4, -0.2) is 14.5 Å². The SMILES string of the molecule is c1ccc(-c2cccc3c2Oc2c(-c4ccccc4)cccc2C32c3ccccc3-c3ccc(-c4ccc(-c5nc(-c6ccc(-c7ccccc7-n7c8ccccc8c8ccccc87)cc6)nc6ccccc56)cc4)cc32)cc1. The molecule has 1 aliphatic heterocycles. The zero-order valence-electron chi connectivity index (χ0n) is 42.9. The van der Waals surface area contributed by atoms with Crippen molar-refractivity contribution < 1.29 is 4.74 Å². The van der Waals surface area contributed by atoms with Gasteiger partial charge in [-0.15, -0.1) is 0 Å². The minimum absolute atomic E-state index is 0.676. The molecule has 0 saturated heterocycles. The van der Waals surface area contributed by atoms with Crippen LogP contribution < -0.4 is 4.74 Å². The lowest BCUT2D eigenvalue weighted by molar-refractivity contribution is 0.440. The summed E-state index contributed by atoms with van der Waals surface area (Å²) in [6.45, 7) is 0. The number of ether oxygens (including phenoxy) is 1. The quantitative estimate of drug-likeness (QED) is 0.160. The second-order valence-electron chi connectivity index (χ2n) is 20.7. The van der Waals surface area contributed by atoms with Crippen molar-refractivity contribution in [2.45, 2.75) is 5.41 Å². The van der Waals surface area contributed by atoms with Crippen LogP contribution in [0.5, 0.6) is 11.5 Å². The van der Waals surface area contributed by atoms with Crippen molar-refractivity contribution in [3.05, 3.63) is 307 Å². The Balaban J connectivity index is 0.798. The summed E-state index contributed by atoms with van der Waals surface area (Å²) < 4.78 is 9.75. The van der Waals surface area contributed by atoms with Gasteiger partial charge < -0.3 is 9.30 Å². The van der Waals surface area contributed by atoms with Crippen LogP contribution in [0.4, 0.5) is 0 Å². The van der Waals surface area contributed by atoms with Crippen molar-refractivity contribution in [3.63, 3.8) is 0 Å². The minimum Gasteiger partial charge on any atom is -0.455 e. The Morgan fingerprint density at radius 3 is 1.43 bits per heavy atom. The fourth-order valence-corrected chi connectivity index (χ4v) is 13.0. The normalized spacial score (nSPS) is 12.8. The zero-order chi connectivity index (χ0) is 52.0. The van der Waals surface area contributed by atoms with E-state index in [1.54, 1.807) is 0 Å². The van der Waals surface area contributed by atoms with Crippen molar-refractivity contribution in [2.75, 3.05) is 0 Å². The summed E-state index contributed by atoms with van der Waals surface area (Å²) in [5.74, 6) is 2.46. The Kier molecular flexibility index (Phi) is 10.1. The number of nitrogens with zero attached hydrogens (tertiary/aromatic N) is 3. The first-order valence-electron chi connectivity index (χ1n) is 27.1. The monoisotopic (exact) mass is 1010 g/mol. The highest BCUT2D eigenvalue weighted by molar-refractivity contribution is 6.10. The number of fused-ring (bicyclic) bond motifs is 13. The maximum atomic E-state index is 7.36. The van der Waals surface area contributed by atoms with Gasteiger partial charge in [0.1, 0.15) is 11.5 Å². The predicted molar refractivity (Wildman–Crippen MR) is 324 cm³/mol. The largest absolute Gasteiger partial charge is 0.455 e. The minimum atomic E-state index is -0.676. The van der Waals surface area contributed by atoms with E-state index in [1.807, 2.05) is 0 Å². The molecule has 3 heterocycles. The second-order valence-corrected chi connectivity index (χ2v) is 20.7. The van der Waals surface area contributed by atoms with Gasteiger partial charge in [-0.2, -0.15) is 0 Å². The lowest BCUT2D eigenvalue weighted by Crippen LogP contribution is -2.32. The number of para-hydroxylation sites is 6. The summed E-state index contributed by atoms with van der Waals surface area (Å²) in [4.78, 5) is 10.5. The highest BCUT2D eigenvalue weighted by Gasteiger charge is 2.52. The molecule has 16 rings (SSSR count). The highest BCUT2D eigenvalue weighted by atomic mass is 16.5. The van der Waals surface area contributed by atoms with Gasteiger partial charge in [0.15, 0.2) is 5.82 Å². The van der Waals surface area contributed by atoms with Crippen LogP contribution in [0.25, 0.3) is 117 Å². The van der Waals surface area contributed by atoms with Gasteiger partial charge in [0.25, 0.3) is 0 Å². The molecule has 2 aliphatic rings. The van der Waals surface area contributed by atoms with Gasteiger partial charge in [-0.1, -0.05) is 255 Å². The molecule has 0 fully saturated rings. The van der Waals surface area contributed by atoms with Crippen LogP contribution >= 0.6 is 0 Å². The van der Waals surface area contributed by atoms with Crippen LogP contribution in [0.15, 0.2) is 285 Å². The average Bonchev–Trinajstić information content (AvgIpc) is 2.96. The molecular formula is C75H47N3O. The fourth-order valence-electron chi connectivity index (χ4n) is 13.0. The van der Waals surface area contributed by atoms with Crippen molar-refractivity contribution >= 4 is 32.7 Å². The summed E-state index contributed by atoms with van der Waals surface area (Å²) in [6.07, 6.45) is 0. The van der Waals surface area contributed by atoms with E-state index in [9.17, 15) is 0 Å². The van der Waals surface area contributed by atoms with Crippen LogP contribution in [0.3, 0.4) is 0 Å². The first kappa shape index (κ1) is 44.8. The summed E-state index contributed by atoms with van der Waals surface area (Å²) in [7, 11) is 0. The molecule has 368 valence electrons. The third-order valence-electron chi connectivity index (χ3n) is 16.5. The van der Waals surface area contributed by atoms with Gasteiger partial charge in [0.2, 0.25) is 0 Å². The number of hydrogen-bond acceptors (Lipinski definition) is 3. The molecule has 4 nitrogen and oxygen atoms in total. The lowest BCUT2D eigenvalue weighted by atomic mass is 9.65. The van der Waals surface area contributed by atoms with Crippen LogP contribution in [-0.2, 0) is 5.41 Å². The highest BCUT2D eigenvalue weighted by Crippen LogP contribution is 2.64. The maximum absolute atomic E-state index is 7.36. The van der Waals surface area contributed by atoms with E-state index in [2.05, 4.69) is 290 Å². The predicted octanol–water partition coefficient (Wildman–Crippen LogP) is 19.2. The van der Waals surface area contributed by atoms with Gasteiger partial charge >= 0.3 is 0 Å². The summed E-state index contributed by atoms with van der Waals surface area (Å²) in [5, 5.41) is 3.50. The second kappa shape index (κ2) is 17.8. The van der Waals surface area contributed by atoms with Crippen molar-refractivity contribution in [2.24, 2.45) is 0 Å². The van der Waals surface area contributed by atoms with Gasteiger partial charge in [-0.25, -0.2) is 9.97 Å². The molecule has 4 heteroatoms. The van der Waals surface area contributed by atoms with E-state index < -0.39 is 5.41 Å². The summed E-state index contributed by atoms with van der Waals surface area (Å²) in [6, 6.07) is 103. The number of aromatic nitrogens is 3. The Hall–Kier alpha value is -10.4. The molecule has 12 aromatic carbocycles. The first-order valence-corrected chi connectivity index (χ1v) is 27.1. The number of benzene rings is 12. The van der Waals surface area contributed by atoms with Crippen molar-refractivity contribution in [3.8, 4) is 95.5 Å². The Morgan fingerprint density at radius 2 is 0.759 bits per heavy atom. The Morgan fingerprint density at radius 1 is 0.291 bits per heavy atom. The zero-order valence-corrected chi connectivity index (χ0v) is 42.9. The molecule has 0 bridgehead atoms. The van der Waals surface area contributed by atoms with Crippen LogP contribution in [0, 0.1) is 0 Å². The molecular weight excluding hydrogens is 959 g/mol. The van der Waals surface area contributed by atoms with Crippen LogP contribution in [0.1, 0.15) is 22.3 Å². The van der Waals surface area contributed by atoms with Crippen molar-refractivity contribution in [1.82, 2.24) is 14.5 Å². The van der Waals surface area contributed by atoms with E-state index in [-0.39, 0.29) is 0 Å². The molecule has 2 aromatic heterocycles. The number of rotatable bonds is 7. The van der Waals surface area contributed by atoms with E-state index in [1.165, 1.54) is 44.1 Å².